The van der Waals surface area contributed by atoms with Gasteiger partial charge < -0.3 is 14.6 Å². The molecular weight excluding hydrogens is 304 g/mol. The summed E-state index contributed by atoms with van der Waals surface area (Å²) >= 11 is 0.878. The predicted octanol–water partition coefficient (Wildman–Crippen LogP) is 3.47. The van der Waals surface area contributed by atoms with Gasteiger partial charge in [-0.15, -0.1) is 11.3 Å². The first-order chi connectivity index (χ1) is 10.6. The summed E-state index contributed by atoms with van der Waals surface area (Å²) in [6, 6.07) is 8.89. The first kappa shape index (κ1) is 16.0. The van der Waals surface area contributed by atoms with E-state index in [1.807, 2.05) is 6.07 Å². The van der Waals surface area contributed by atoms with Crippen LogP contribution in [0.2, 0.25) is 0 Å². The van der Waals surface area contributed by atoms with Gasteiger partial charge in [-0.25, -0.2) is 9.59 Å². The largest absolute Gasteiger partial charge is 0.505 e. The lowest BCUT2D eigenvalue weighted by atomic mass is 10.1. The van der Waals surface area contributed by atoms with Crippen LogP contribution in [0.25, 0.3) is 11.1 Å². The molecule has 0 aliphatic heterocycles. The molecule has 0 aliphatic carbocycles. The Balaban J connectivity index is 2.58. The number of esters is 2. The van der Waals surface area contributed by atoms with Crippen molar-refractivity contribution in [2.75, 3.05) is 13.2 Å². The topological polar surface area (TPSA) is 72.8 Å². The van der Waals surface area contributed by atoms with Crippen molar-refractivity contribution in [2.24, 2.45) is 0 Å². The van der Waals surface area contributed by atoms with Crippen LogP contribution in [0.1, 0.15) is 33.2 Å². The van der Waals surface area contributed by atoms with E-state index in [1.165, 1.54) is 0 Å². The molecule has 6 heteroatoms. The van der Waals surface area contributed by atoms with Gasteiger partial charge in [0.2, 0.25) is 0 Å². The summed E-state index contributed by atoms with van der Waals surface area (Å²) in [7, 11) is 0. The normalized spacial score (nSPS) is 10.3. The first-order valence-electron chi connectivity index (χ1n) is 6.85. The van der Waals surface area contributed by atoms with Crippen molar-refractivity contribution >= 4 is 23.3 Å². The molecule has 0 aliphatic rings. The minimum atomic E-state index is -0.655. The van der Waals surface area contributed by atoms with Crippen molar-refractivity contribution in [2.45, 2.75) is 13.8 Å². The van der Waals surface area contributed by atoms with Gasteiger partial charge in [0.1, 0.15) is 10.6 Å². The molecule has 1 aromatic carbocycles. The Labute approximate surface area is 132 Å². The highest BCUT2D eigenvalue weighted by Crippen LogP contribution is 2.42. The van der Waals surface area contributed by atoms with Crippen LogP contribution in [0.15, 0.2) is 30.3 Å². The lowest BCUT2D eigenvalue weighted by Crippen LogP contribution is -2.03. The third-order valence-corrected chi connectivity index (χ3v) is 4.01. The van der Waals surface area contributed by atoms with E-state index in [-0.39, 0.29) is 28.7 Å². The van der Waals surface area contributed by atoms with Crippen LogP contribution >= 0.6 is 11.3 Å². The fourth-order valence-electron chi connectivity index (χ4n) is 1.97. The van der Waals surface area contributed by atoms with E-state index in [1.54, 1.807) is 38.1 Å². The molecule has 22 heavy (non-hydrogen) atoms. The summed E-state index contributed by atoms with van der Waals surface area (Å²) < 4.78 is 9.92. The summed E-state index contributed by atoms with van der Waals surface area (Å²) in [4.78, 5) is 24.2. The second-order valence-electron chi connectivity index (χ2n) is 4.29. The number of ether oxygens (including phenoxy) is 2. The summed E-state index contributed by atoms with van der Waals surface area (Å²) in [6.07, 6.45) is 0. The molecule has 1 aromatic heterocycles. The van der Waals surface area contributed by atoms with Gasteiger partial charge in [0.05, 0.1) is 13.2 Å². The van der Waals surface area contributed by atoms with Gasteiger partial charge in [0, 0.05) is 5.56 Å². The van der Waals surface area contributed by atoms with Gasteiger partial charge in [0.25, 0.3) is 0 Å². The monoisotopic (exact) mass is 320 g/mol. The maximum absolute atomic E-state index is 12.1. The smallest absolute Gasteiger partial charge is 0.352 e. The Kier molecular flexibility index (Phi) is 5.16. The SMILES string of the molecule is CCOC(=O)c1sc(C(=O)OCC)c(-c2ccccc2)c1O. The summed E-state index contributed by atoms with van der Waals surface area (Å²) in [5, 5.41) is 10.4. The molecule has 0 atom stereocenters. The Morgan fingerprint density at radius 3 is 2.09 bits per heavy atom. The van der Waals surface area contributed by atoms with Gasteiger partial charge >= 0.3 is 11.9 Å². The molecule has 0 unspecified atom stereocenters. The zero-order valence-corrected chi connectivity index (χ0v) is 13.1. The van der Waals surface area contributed by atoms with Crippen LogP contribution in [0.4, 0.5) is 0 Å². The van der Waals surface area contributed by atoms with E-state index < -0.39 is 11.9 Å². The molecule has 0 saturated heterocycles. The summed E-state index contributed by atoms with van der Waals surface area (Å²) in [5.74, 6) is -1.48. The highest BCUT2D eigenvalue weighted by molar-refractivity contribution is 7.16. The average molecular weight is 320 g/mol. The standard InChI is InChI=1S/C16H16O5S/c1-3-20-15(18)13-11(10-8-6-5-7-9-10)12(17)14(22-13)16(19)21-4-2/h5-9,17H,3-4H2,1-2H3. The molecule has 1 N–H and O–H groups in total. The highest BCUT2D eigenvalue weighted by Gasteiger charge is 2.28. The van der Waals surface area contributed by atoms with Crippen molar-refractivity contribution in [3.63, 3.8) is 0 Å². The third kappa shape index (κ3) is 3.12. The van der Waals surface area contributed by atoms with Crippen molar-refractivity contribution < 1.29 is 24.2 Å². The number of aromatic hydroxyl groups is 1. The number of benzene rings is 1. The molecule has 1 heterocycles. The number of rotatable bonds is 5. The Morgan fingerprint density at radius 2 is 1.55 bits per heavy atom. The minimum absolute atomic E-state index is 0.00348. The Bertz CT molecular complexity index is 675. The number of hydrogen-bond acceptors (Lipinski definition) is 6. The van der Waals surface area contributed by atoms with Crippen LogP contribution in [0, 0.1) is 0 Å². The fraction of sp³-hybridized carbons (Fsp3) is 0.250. The fourth-order valence-corrected chi connectivity index (χ4v) is 2.97. The van der Waals surface area contributed by atoms with Gasteiger partial charge in [0.15, 0.2) is 4.88 Å². The van der Waals surface area contributed by atoms with E-state index in [4.69, 9.17) is 9.47 Å². The van der Waals surface area contributed by atoms with E-state index in [0.717, 1.165) is 11.3 Å². The van der Waals surface area contributed by atoms with Crippen LogP contribution in [-0.4, -0.2) is 30.3 Å². The Morgan fingerprint density at radius 1 is 1.00 bits per heavy atom. The zero-order valence-electron chi connectivity index (χ0n) is 12.3. The molecule has 0 spiro atoms. The van der Waals surface area contributed by atoms with Crippen molar-refractivity contribution in [1.29, 1.82) is 0 Å². The molecule has 5 nitrogen and oxygen atoms in total. The molecule has 116 valence electrons. The molecular formula is C16H16O5S. The second kappa shape index (κ2) is 7.09. The minimum Gasteiger partial charge on any atom is -0.505 e. The molecule has 2 aromatic rings. The quantitative estimate of drug-likeness (QED) is 0.854. The number of thiophene rings is 1. The lowest BCUT2D eigenvalue weighted by molar-refractivity contribution is 0.0522. The maximum atomic E-state index is 12.1. The molecule has 2 rings (SSSR count). The molecule has 0 amide bonds. The zero-order chi connectivity index (χ0) is 16.1. The first-order valence-corrected chi connectivity index (χ1v) is 7.67. The average Bonchev–Trinajstić information content (AvgIpc) is 2.86. The number of hydrogen-bond donors (Lipinski definition) is 1. The lowest BCUT2D eigenvalue weighted by Gasteiger charge is -2.04. The van der Waals surface area contributed by atoms with E-state index in [0.29, 0.717) is 11.1 Å². The van der Waals surface area contributed by atoms with Crippen LogP contribution < -0.4 is 0 Å². The van der Waals surface area contributed by atoms with Crippen LogP contribution in [-0.2, 0) is 9.47 Å². The van der Waals surface area contributed by atoms with E-state index in [9.17, 15) is 14.7 Å². The molecule has 0 radical (unpaired) electrons. The van der Waals surface area contributed by atoms with Gasteiger partial charge in [-0.3, -0.25) is 0 Å². The van der Waals surface area contributed by atoms with Gasteiger partial charge in [-0.1, -0.05) is 30.3 Å². The molecule has 0 saturated carbocycles. The second-order valence-corrected chi connectivity index (χ2v) is 5.31. The number of carbonyl (C=O) groups is 2. The van der Waals surface area contributed by atoms with Gasteiger partial charge in [-0.2, -0.15) is 0 Å². The molecule has 0 fully saturated rings. The number of carbonyl (C=O) groups excluding carboxylic acids is 2. The van der Waals surface area contributed by atoms with Crippen LogP contribution in [0.5, 0.6) is 5.75 Å². The third-order valence-electron chi connectivity index (χ3n) is 2.87. The summed E-state index contributed by atoms with van der Waals surface area (Å²) in [6.45, 7) is 3.76. The van der Waals surface area contributed by atoms with Crippen molar-refractivity contribution in [3.8, 4) is 16.9 Å². The van der Waals surface area contributed by atoms with Crippen molar-refractivity contribution in [1.82, 2.24) is 0 Å². The molecule has 0 bridgehead atoms. The maximum Gasteiger partial charge on any atom is 0.352 e. The van der Waals surface area contributed by atoms with E-state index in [2.05, 4.69) is 0 Å². The van der Waals surface area contributed by atoms with E-state index >= 15 is 0 Å². The highest BCUT2D eigenvalue weighted by atomic mass is 32.1. The predicted molar refractivity (Wildman–Crippen MR) is 83.3 cm³/mol. The summed E-state index contributed by atoms with van der Waals surface area (Å²) in [5.41, 5.74) is 0.932. The van der Waals surface area contributed by atoms with Crippen LogP contribution in [0.3, 0.4) is 0 Å². The van der Waals surface area contributed by atoms with Crippen molar-refractivity contribution in [3.05, 3.63) is 40.1 Å². The van der Waals surface area contributed by atoms with Gasteiger partial charge in [-0.05, 0) is 19.4 Å². The Hall–Kier alpha value is -2.34.